The smallest absolute Gasteiger partial charge is 0.228 e. The highest BCUT2D eigenvalue weighted by molar-refractivity contribution is 5.89. The van der Waals surface area contributed by atoms with E-state index < -0.39 is 5.41 Å². The second-order valence-electron chi connectivity index (χ2n) is 7.49. The van der Waals surface area contributed by atoms with Gasteiger partial charge in [0.15, 0.2) is 0 Å². The summed E-state index contributed by atoms with van der Waals surface area (Å²) in [5, 5.41) is 9.39. The normalized spacial score (nSPS) is 27.5. The Bertz CT molecular complexity index is 416. The molecule has 0 spiro atoms. The maximum Gasteiger partial charge on any atom is 0.228 e. The molecule has 6 heteroatoms. The Morgan fingerprint density at radius 2 is 1.61 bits per heavy atom. The van der Waals surface area contributed by atoms with Gasteiger partial charge in [0, 0.05) is 26.1 Å². The minimum atomic E-state index is -0.534. The van der Waals surface area contributed by atoms with Crippen molar-refractivity contribution in [2.75, 3.05) is 26.2 Å². The van der Waals surface area contributed by atoms with Crippen LogP contribution in [0.5, 0.6) is 0 Å². The van der Waals surface area contributed by atoms with E-state index in [1.165, 1.54) is 38.5 Å². The molecule has 5 nitrogen and oxygen atoms in total. The van der Waals surface area contributed by atoms with Crippen LogP contribution in [0.3, 0.4) is 0 Å². The first-order valence-corrected chi connectivity index (χ1v) is 8.94. The number of nitrogens with one attached hydrogen (secondary N) is 3. The van der Waals surface area contributed by atoms with Crippen molar-refractivity contribution in [2.45, 2.75) is 51.4 Å². The van der Waals surface area contributed by atoms with E-state index >= 15 is 0 Å². The van der Waals surface area contributed by atoms with Gasteiger partial charge in [-0.15, -0.1) is 12.4 Å². The molecule has 2 aliphatic carbocycles. The molecule has 3 N–H and O–H groups in total. The van der Waals surface area contributed by atoms with Crippen LogP contribution in [0.2, 0.25) is 0 Å². The second kappa shape index (κ2) is 8.34. The maximum absolute atomic E-state index is 12.6. The first-order valence-electron chi connectivity index (χ1n) is 8.94. The average Bonchev–Trinajstić information content (AvgIpc) is 2.84. The van der Waals surface area contributed by atoms with Gasteiger partial charge in [0.2, 0.25) is 11.8 Å². The van der Waals surface area contributed by atoms with Gasteiger partial charge >= 0.3 is 0 Å². The van der Waals surface area contributed by atoms with Crippen molar-refractivity contribution in [2.24, 2.45) is 17.3 Å². The Labute approximate surface area is 145 Å². The molecule has 2 amide bonds. The van der Waals surface area contributed by atoms with Crippen LogP contribution in [0.4, 0.5) is 0 Å². The number of halogens is 1. The highest BCUT2D eigenvalue weighted by Crippen LogP contribution is 2.31. The first-order chi connectivity index (χ1) is 10.7. The molecular weight excluding hydrogens is 314 g/mol. The van der Waals surface area contributed by atoms with Crippen molar-refractivity contribution in [3.8, 4) is 0 Å². The van der Waals surface area contributed by atoms with Crippen LogP contribution in [-0.4, -0.2) is 38.0 Å². The van der Waals surface area contributed by atoms with Gasteiger partial charge < -0.3 is 16.0 Å². The van der Waals surface area contributed by atoms with Crippen molar-refractivity contribution in [1.29, 1.82) is 0 Å². The zero-order valence-electron chi connectivity index (χ0n) is 13.9. The molecule has 23 heavy (non-hydrogen) atoms. The summed E-state index contributed by atoms with van der Waals surface area (Å²) in [5.74, 6) is 1.43. The molecule has 3 aliphatic rings. The van der Waals surface area contributed by atoms with E-state index in [0.29, 0.717) is 24.8 Å². The summed E-state index contributed by atoms with van der Waals surface area (Å²) in [6, 6.07) is 0. The monoisotopic (exact) mass is 343 g/mol. The third-order valence-corrected chi connectivity index (χ3v) is 5.81. The quantitative estimate of drug-likeness (QED) is 0.657. The predicted molar refractivity (Wildman–Crippen MR) is 92.5 cm³/mol. The third kappa shape index (κ3) is 4.60. The van der Waals surface area contributed by atoms with Gasteiger partial charge in [0.1, 0.15) is 0 Å². The average molecular weight is 344 g/mol. The van der Waals surface area contributed by atoms with Crippen LogP contribution in [0.15, 0.2) is 0 Å². The molecule has 1 aliphatic heterocycles. The summed E-state index contributed by atoms with van der Waals surface area (Å²) in [5.41, 5.74) is -0.534. The van der Waals surface area contributed by atoms with Crippen molar-refractivity contribution < 1.29 is 9.59 Å². The Hall–Kier alpha value is -0.810. The minimum absolute atomic E-state index is 0. The molecule has 2 saturated carbocycles. The number of hydrogen-bond acceptors (Lipinski definition) is 3. The zero-order chi connectivity index (χ0) is 15.4. The van der Waals surface area contributed by atoms with Crippen LogP contribution >= 0.6 is 12.4 Å². The standard InChI is InChI=1S/C17H29N3O2.ClH/c21-15(19-10-13-3-1-4-13)9-17(7-8-18-12-17)16(22)20-11-14-5-2-6-14;/h13-14,18H,1-12H2,(H,19,21)(H,20,22);1H. The van der Waals surface area contributed by atoms with E-state index in [2.05, 4.69) is 16.0 Å². The molecule has 0 aromatic carbocycles. The Kier molecular flexibility index (Phi) is 6.72. The largest absolute Gasteiger partial charge is 0.356 e. The summed E-state index contributed by atoms with van der Waals surface area (Å²) < 4.78 is 0. The van der Waals surface area contributed by atoms with E-state index in [1.807, 2.05) is 0 Å². The van der Waals surface area contributed by atoms with Crippen molar-refractivity contribution >= 4 is 24.2 Å². The molecular formula is C17H30ClN3O2. The van der Waals surface area contributed by atoms with Crippen molar-refractivity contribution in [3.63, 3.8) is 0 Å². The molecule has 0 aromatic rings. The van der Waals surface area contributed by atoms with Gasteiger partial charge in [-0.3, -0.25) is 9.59 Å². The van der Waals surface area contributed by atoms with Gasteiger partial charge in [0.25, 0.3) is 0 Å². The number of hydrogen-bond donors (Lipinski definition) is 3. The third-order valence-electron chi connectivity index (χ3n) is 5.81. The highest BCUT2D eigenvalue weighted by Gasteiger charge is 2.43. The summed E-state index contributed by atoms with van der Waals surface area (Å²) >= 11 is 0. The fraction of sp³-hybridized carbons (Fsp3) is 0.882. The summed E-state index contributed by atoms with van der Waals surface area (Å²) in [6.07, 6.45) is 8.59. The lowest BCUT2D eigenvalue weighted by atomic mass is 9.80. The number of carbonyl (C=O) groups excluding carboxylic acids is 2. The lowest BCUT2D eigenvalue weighted by molar-refractivity contribution is -0.136. The predicted octanol–water partition coefficient (Wildman–Crippen LogP) is 1.61. The lowest BCUT2D eigenvalue weighted by Crippen LogP contribution is -2.47. The van der Waals surface area contributed by atoms with E-state index in [-0.39, 0.29) is 24.2 Å². The van der Waals surface area contributed by atoms with E-state index in [0.717, 1.165) is 26.1 Å². The molecule has 1 heterocycles. The van der Waals surface area contributed by atoms with Crippen molar-refractivity contribution in [1.82, 2.24) is 16.0 Å². The Morgan fingerprint density at radius 1 is 1.00 bits per heavy atom. The van der Waals surface area contributed by atoms with Gasteiger partial charge in [-0.25, -0.2) is 0 Å². The summed E-state index contributed by atoms with van der Waals surface area (Å²) in [6.45, 7) is 3.02. The van der Waals surface area contributed by atoms with Crippen molar-refractivity contribution in [3.05, 3.63) is 0 Å². The molecule has 0 radical (unpaired) electrons. The van der Waals surface area contributed by atoms with Gasteiger partial charge in [-0.05, 0) is 50.5 Å². The molecule has 1 saturated heterocycles. The fourth-order valence-electron chi connectivity index (χ4n) is 3.62. The van der Waals surface area contributed by atoms with Crippen LogP contribution in [0, 0.1) is 17.3 Å². The Balaban J connectivity index is 0.00000192. The molecule has 3 fully saturated rings. The van der Waals surface area contributed by atoms with E-state index in [9.17, 15) is 9.59 Å². The van der Waals surface area contributed by atoms with E-state index in [1.54, 1.807) is 0 Å². The summed E-state index contributed by atoms with van der Waals surface area (Å²) in [7, 11) is 0. The van der Waals surface area contributed by atoms with Gasteiger partial charge in [0.05, 0.1) is 5.41 Å². The first kappa shape index (κ1) is 18.5. The topological polar surface area (TPSA) is 70.2 Å². The molecule has 0 bridgehead atoms. The fourth-order valence-corrected chi connectivity index (χ4v) is 3.62. The van der Waals surface area contributed by atoms with Gasteiger partial charge in [-0.2, -0.15) is 0 Å². The van der Waals surface area contributed by atoms with Crippen LogP contribution in [0.1, 0.15) is 51.4 Å². The van der Waals surface area contributed by atoms with Crippen LogP contribution < -0.4 is 16.0 Å². The minimum Gasteiger partial charge on any atom is -0.356 e. The summed E-state index contributed by atoms with van der Waals surface area (Å²) in [4.78, 5) is 24.9. The van der Waals surface area contributed by atoms with E-state index in [4.69, 9.17) is 0 Å². The van der Waals surface area contributed by atoms with Gasteiger partial charge in [-0.1, -0.05) is 12.8 Å². The Morgan fingerprint density at radius 3 is 2.09 bits per heavy atom. The molecule has 0 aromatic heterocycles. The lowest BCUT2D eigenvalue weighted by Gasteiger charge is -2.31. The zero-order valence-corrected chi connectivity index (χ0v) is 14.7. The van der Waals surface area contributed by atoms with Crippen LogP contribution in [-0.2, 0) is 9.59 Å². The molecule has 1 atom stereocenters. The SMILES string of the molecule is Cl.O=C(CC1(C(=O)NCC2CCC2)CCNC1)NCC1CCC1. The highest BCUT2D eigenvalue weighted by atomic mass is 35.5. The second-order valence-corrected chi connectivity index (χ2v) is 7.49. The number of carbonyl (C=O) groups is 2. The number of rotatable bonds is 7. The molecule has 132 valence electrons. The van der Waals surface area contributed by atoms with Crippen LogP contribution in [0.25, 0.3) is 0 Å². The molecule has 3 rings (SSSR count). The molecule has 1 unspecified atom stereocenters. The maximum atomic E-state index is 12.6. The number of amides is 2.